The van der Waals surface area contributed by atoms with Gasteiger partial charge in [0.2, 0.25) is 0 Å². The Hall–Kier alpha value is -3.32. The highest BCUT2D eigenvalue weighted by molar-refractivity contribution is 7.16. The average Bonchev–Trinajstić information content (AvgIpc) is 3.29. The van der Waals surface area contributed by atoms with Crippen molar-refractivity contribution >= 4 is 34.3 Å². The van der Waals surface area contributed by atoms with Gasteiger partial charge in [-0.3, -0.25) is 4.79 Å². The van der Waals surface area contributed by atoms with Crippen LogP contribution in [0.25, 0.3) is 6.08 Å². The summed E-state index contributed by atoms with van der Waals surface area (Å²) >= 11 is 1.58. The van der Waals surface area contributed by atoms with E-state index in [4.69, 9.17) is 9.15 Å². The topological polar surface area (TPSA) is 80.6 Å². The van der Waals surface area contributed by atoms with E-state index in [1.807, 2.05) is 26.0 Å². The van der Waals surface area contributed by atoms with Gasteiger partial charge in [-0.2, -0.15) is 0 Å². The molecule has 3 aromatic rings. The third-order valence-electron chi connectivity index (χ3n) is 4.52. The molecule has 0 aliphatic carbocycles. The molecule has 7 heteroatoms. The van der Waals surface area contributed by atoms with Crippen molar-refractivity contribution in [3.05, 3.63) is 76.1 Å². The van der Waals surface area contributed by atoms with Gasteiger partial charge in [0.25, 0.3) is 5.91 Å². The van der Waals surface area contributed by atoms with Crippen molar-refractivity contribution < 1.29 is 18.7 Å². The van der Waals surface area contributed by atoms with Crippen LogP contribution >= 0.6 is 11.3 Å². The Balaban J connectivity index is 1.43. The maximum absolute atomic E-state index is 12.5. The summed E-state index contributed by atoms with van der Waals surface area (Å²) in [6, 6.07) is 10.5. The fraction of sp³-hybridized carbons (Fsp3) is 0.143. The summed E-state index contributed by atoms with van der Waals surface area (Å²) < 4.78 is 10.4. The number of esters is 1. The van der Waals surface area contributed by atoms with E-state index in [2.05, 4.69) is 10.6 Å². The molecule has 0 saturated heterocycles. The lowest BCUT2D eigenvalue weighted by atomic mass is 10.1. The van der Waals surface area contributed by atoms with E-state index in [-0.39, 0.29) is 12.1 Å². The summed E-state index contributed by atoms with van der Waals surface area (Å²) in [5.41, 5.74) is 2.59. The Kier molecular flexibility index (Phi) is 4.75. The number of carbonyl (C=O) groups excluding carboxylic acids is 2. The van der Waals surface area contributed by atoms with Gasteiger partial charge in [0.05, 0.1) is 11.8 Å². The largest absolute Gasteiger partial charge is 0.465 e. The van der Waals surface area contributed by atoms with Gasteiger partial charge in [-0.25, -0.2) is 4.79 Å². The molecular formula is C21H18N2O4S. The smallest absolute Gasteiger partial charge is 0.336 e. The molecule has 1 aromatic carbocycles. The predicted molar refractivity (Wildman–Crippen MR) is 107 cm³/mol. The van der Waals surface area contributed by atoms with E-state index in [9.17, 15) is 9.59 Å². The van der Waals surface area contributed by atoms with Crippen LogP contribution in [0.5, 0.6) is 5.75 Å². The molecule has 0 saturated carbocycles. The minimum atomic E-state index is -0.498. The van der Waals surface area contributed by atoms with Crippen LogP contribution in [0.1, 0.15) is 38.3 Å². The highest BCUT2D eigenvalue weighted by atomic mass is 32.1. The SMILES string of the molecule is Cc1sc2c(c1C)C(=O)N[C@@H](c1ccc(OC(=O)/C=C/c3ccco3)cc1)N2. The molecule has 0 spiro atoms. The summed E-state index contributed by atoms with van der Waals surface area (Å²) in [4.78, 5) is 25.5. The summed E-state index contributed by atoms with van der Waals surface area (Å²) in [5.74, 6) is 0.412. The van der Waals surface area contributed by atoms with Crippen molar-refractivity contribution in [1.29, 1.82) is 0 Å². The Morgan fingerprint density at radius 2 is 1.96 bits per heavy atom. The van der Waals surface area contributed by atoms with Crippen LogP contribution in [0.4, 0.5) is 5.00 Å². The zero-order chi connectivity index (χ0) is 19.7. The summed E-state index contributed by atoms with van der Waals surface area (Å²) in [6.07, 6.45) is 4.05. The first-order valence-electron chi connectivity index (χ1n) is 8.72. The van der Waals surface area contributed by atoms with Crippen LogP contribution in [0.3, 0.4) is 0 Å². The number of furan rings is 1. The van der Waals surface area contributed by atoms with Crippen molar-refractivity contribution in [3.63, 3.8) is 0 Å². The third kappa shape index (κ3) is 3.57. The summed E-state index contributed by atoms with van der Waals surface area (Å²) in [6.45, 7) is 3.96. The zero-order valence-electron chi connectivity index (χ0n) is 15.3. The number of ether oxygens (including phenoxy) is 1. The molecule has 1 aliphatic heterocycles. The molecule has 0 unspecified atom stereocenters. The van der Waals surface area contributed by atoms with Crippen LogP contribution in [-0.4, -0.2) is 11.9 Å². The van der Waals surface area contributed by atoms with Crippen molar-refractivity contribution in [2.45, 2.75) is 20.0 Å². The highest BCUT2D eigenvalue weighted by Crippen LogP contribution is 2.37. The van der Waals surface area contributed by atoms with Gasteiger partial charge in [0, 0.05) is 11.0 Å². The van der Waals surface area contributed by atoms with E-state index in [1.165, 1.54) is 12.3 Å². The normalized spacial score (nSPS) is 15.8. The van der Waals surface area contributed by atoms with Crippen LogP contribution < -0.4 is 15.4 Å². The second kappa shape index (κ2) is 7.36. The first-order valence-corrected chi connectivity index (χ1v) is 9.53. The second-order valence-electron chi connectivity index (χ2n) is 6.38. The van der Waals surface area contributed by atoms with E-state index >= 15 is 0 Å². The molecule has 2 N–H and O–H groups in total. The molecule has 28 heavy (non-hydrogen) atoms. The number of nitrogens with one attached hydrogen (secondary N) is 2. The lowest BCUT2D eigenvalue weighted by molar-refractivity contribution is -0.128. The van der Waals surface area contributed by atoms with E-state index in [1.54, 1.807) is 41.7 Å². The van der Waals surface area contributed by atoms with Gasteiger partial charge in [-0.05, 0) is 55.3 Å². The quantitative estimate of drug-likeness (QED) is 0.389. The molecule has 1 aliphatic rings. The molecule has 2 aromatic heterocycles. The number of anilines is 1. The third-order valence-corrected chi connectivity index (χ3v) is 5.66. The fourth-order valence-electron chi connectivity index (χ4n) is 2.95. The highest BCUT2D eigenvalue weighted by Gasteiger charge is 2.28. The first kappa shape index (κ1) is 18.1. The minimum absolute atomic E-state index is 0.0841. The zero-order valence-corrected chi connectivity index (χ0v) is 16.1. The number of aryl methyl sites for hydroxylation is 1. The Morgan fingerprint density at radius 1 is 1.18 bits per heavy atom. The number of carbonyl (C=O) groups is 2. The number of hydrogen-bond donors (Lipinski definition) is 2. The molecule has 1 amide bonds. The van der Waals surface area contributed by atoms with Crippen molar-refractivity contribution in [2.75, 3.05) is 5.32 Å². The van der Waals surface area contributed by atoms with Crippen molar-refractivity contribution in [2.24, 2.45) is 0 Å². The number of hydrogen-bond acceptors (Lipinski definition) is 6. The van der Waals surface area contributed by atoms with Crippen LogP contribution in [0.2, 0.25) is 0 Å². The summed E-state index contributed by atoms with van der Waals surface area (Å²) in [5, 5.41) is 7.20. The molecule has 0 fully saturated rings. The minimum Gasteiger partial charge on any atom is -0.465 e. The van der Waals surface area contributed by atoms with Gasteiger partial charge >= 0.3 is 5.97 Å². The standard InChI is InChI=1S/C21H18N2O4S/c1-12-13(2)28-21-18(12)20(25)22-19(23-21)14-5-7-16(8-6-14)27-17(24)10-9-15-4-3-11-26-15/h3-11,19,23H,1-2H3,(H,22,25)/b10-9+/t19-/m1/s1. The Bertz CT molecular complexity index is 1050. The van der Waals surface area contributed by atoms with Crippen LogP contribution in [0.15, 0.2) is 53.2 Å². The lowest BCUT2D eigenvalue weighted by Crippen LogP contribution is -2.38. The Labute approximate surface area is 165 Å². The number of amides is 1. The number of thiophene rings is 1. The Morgan fingerprint density at radius 3 is 2.68 bits per heavy atom. The molecular weight excluding hydrogens is 376 g/mol. The average molecular weight is 394 g/mol. The van der Waals surface area contributed by atoms with Gasteiger partial charge in [0.1, 0.15) is 22.7 Å². The monoisotopic (exact) mass is 394 g/mol. The predicted octanol–water partition coefficient (Wildman–Crippen LogP) is 4.43. The van der Waals surface area contributed by atoms with E-state index in [0.29, 0.717) is 17.1 Å². The maximum Gasteiger partial charge on any atom is 0.336 e. The van der Waals surface area contributed by atoms with E-state index < -0.39 is 5.97 Å². The number of rotatable bonds is 4. The fourth-order valence-corrected chi connectivity index (χ4v) is 4.04. The van der Waals surface area contributed by atoms with Crippen molar-refractivity contribution in [1.82, 2.24) is 5.32 Å². The van der Waals surface area contributed by atoms with E-state index in [0.717, 1.165) is 21.0 Å². The van der Waals surface area contributed by atoms with Crippen LogP contribution in [0, 0.1) is 13.8 Å². The van der Waals surface area contributed by atoms with Gasteiger partial charge < -0.3 is 19.8 Å². The first-order chi connectivity index (χ1) is 13.5. The van der Waals surface area contributed by atoms with Crippen LogP contribution in [-0.2, 0) is 4.79 Å². The molecule has 0 radical (unpaired) electrons. The second-order valence-corrected chi connectivity index (χ2v) is 7.60. The summed E-state index contributed by atoms with van der Waals surface area (Å²) in [7, 11) is 0. The molecule has 0 bridgehead atoms. The van der Waals surface area contributed by atoms with Gasteiger partial charge in [0.15, 0.2) is 0 Å². The molecule has 142 valence electrons. The molecule has 1 atom stereocenters. The molecule has 4 rings (SSSR count). The molecule has 6 nitrogen and oxygen atoms in total. The lowest BCUT2D eigenvalue weighted by Gasteiger charge is -2.26. The van der Waals surface area contributed by atoms with Crippen molar-refractivity contribution in [3.8, 4) is 5.75 Å². The number of fused-ring (bicyclic) bond motifs is 1. The maximum atomic E-state index is 12.5. The number of benzene rings is 1. The van der Waals surface area contributed by atoms with Gasteiger partial charge in [-0.15, -0.1) is 11.3 Å². The molecule has 3 heterocycles. The van der Waals surface area contributed by atoms with Gasteiger partial charge in [-0.1, -0.05) is 12.1 Å².